The zero-order valence-electron chi connectivity index (χ0n) is 23.6. The van der Waals surface area contributed by atoms with E-state index in [9.17, 15) is 18.0 Å². The Hall–Kier alpha value is -3.56. The fourth-order valence-electron chi connectivity index (χ4n) is 4.08. The maximum Gasteiger partial charge on any atom is 0.264 e. The molecule has 1 N–H and O–H groups in total. The van der Waals surface area contributed by atoms with Crippen LogP contribution in [-0.4, -0.2) is 50.4 Å². The number of benzene rings is 3. The fourth-order valence-corrected chi connectivity index (χ4v) is 5.71. The van der Waals surface area contributed by atoms with Crippen LogP contribution in [-0.2, 0) is 26.2 Å². The second kappa shape index (κ2) is 12.7. The van der Waals surface area contributed by atoms with Gasteiger partial charge in [-0.05, 0) is 76.6 Å². The van der Waals surface area contributed by atoms with Gasteiger partial charge in [0.1, 0.15) is 18.3 Å². The molecule has 0 bridgehead atoms. The summed E-state index contributed by atoms with van der Waals surface area (Å²) < 4.78 is 34.4. The molecule has 0 radical (unpaired) electrons. The highest BCUT2D eigenvalue weighted by molar-refractivity contribution is 7.92. The molecular weight excluding hydrogens is 550 g/mol. The average Bonchev–Trinajstić information content (AvgIpc) is 2.89. The van der Waals surface area contributed by atoms with Crippen molar-refractivity contribution in [2.24, 2.45) is 0 Å². The van der Waals surface area contributed by atoms with Gasteiger partial charge >= 0.3 is 0 Å². The molecule has 214 valence electrons. The van der Waals surface area contributed by atoms with E-state index in [4.69, 9.17) is 16.3 Å². The number of nitrogens with zero attached hydrogens (tertiary/aromatic N) is 2. The number of nitrogens with one attached hydrogen (secondary N) is 1. The van der Waals surface area contributed by atoms with E-state index in [-0.39, 0.29) is 28.8 Å². The van der Waals surface area contributed by atoms with Crippen LogP contribution in [0.5, 0.6) is 5.75 Å². The van der Waals surface area contributed by atoms with Crippen LogP contribution in [0.25, 0.3) is 0 Å². The molecule has 3 aromatic rings. The smallest absolute Gasteiger partial charge is 0.264 e. The lowest BCUT2D eigenvalue weighted by molar-refractivity contribution is -0.140. The molecule has 3 rings (SSSR count). The van der Waals surface area contributed by atoms with Crippen LogP contribution in [0.2, 0.25) is 5.02 Å². The Bertz CT molecular complexity index is 1450. The van der Waals surface area contributed by atoms with Crippen molar-refractivity contribution in [3.05, 3.63) is 88.9 Å². The molecule has 0 saturated heterocycles. The van der Waals surface area contributed by atoms with Crippen molar-refractivity contribution in [2.75, 3.05) is 18.0 Å². The highest BCUT2D eigenvalue weighted by atomic mass is 35.5. The largest absolute Gasteiger partial charge is 0.495 e. The summed E-state index contributed by atoms with van der Waals surface area (Å²) in [5.74, 6) is -0.655. The number of aryl methyl sites for hydroxylation is 1. The van der Waals surface area contributed by atoms with Gasteiger partial charge in [0.25, 0.3) is 10.0 Å². The van der Waals surface area contributed by atoms with E-state index in [0.29, 0.717) is 10.6 Å². The quantitative estimate of drug-likeness (QED) is 0.353. The van der Waals surface area contributed by atoms with E-state index in [2.05, 4.69) is 5.32 Å². The maximum absolute atomic E-state index is 14.0. The Kier molecular flexibility index (Phi) is 9.87. The number of anilines is 1. The molecule has 0 fully saturated rings. The summed E-state index contributed by atoms with van der Waals surface area (Å²) in [7, 11) is -2.77. The molecule has 40 heavy (non-hydrogen) atoms. The van der Waals surface area contributed by atoms with Crippen molar-refractivity contribution >= 4 is 39.1 Å². The van der Waals surface area contributed by atoms with Gasteiger partial charge in [-0.3, -0.25) is 13.9 Å². The van der Waals surface area contributed by atoms with Crippen LogP contribution in [0.15, 0.2) is 77.7 Å². The number of hydrogen-bond donors (Lipinski definition) is 1. The molecule has 0 spiro atoms. The number of hydrogen-bond acceptors (Lipinski definition) is 5. The van der Waals surface area contributed by atoms with Crippen LogP contribution in [0.3, 0.4) is 0 Å². The normalized spacial score (nSPS) is 12.4. The number of sulfonamides is 1. The maximum atomic E-state index is 14.0. The number of para-hydroxylation sites is 2. The average molecular weight is 586 g/mol. The Morgan fingerprint density at radius 3 is 2.25 bits per heavy atom. The molecule has 0 aliphatic carbocycles. The van der Waals surface area contributed by atoms with Crippen LogP contribution in [0.1, 0.15) is 38.8 Å². The van der Waals surface area contributed by atoms with Crippen LogP contribution in [0, 0.1) is 6.92 Å². The molecule has 0 heterocycles. The van der Waals surface area contributed by atoms with E-state index in [0.717, 1.165) is 9.87 Å². The molecule has 0 aliphatic heterocycles. The first-order valence-corrected chi connectivity index (χ1v) is 14.6. The summed E-state index contributed by atoms with van der Waals surface area (Å²) in [6.07, 6.45) is 0. The summed E-state index contributed by atoms with van der Waals surface area (Å²) in [6, 6.07) is 19.0. The molecule has 8 nitrogen and oxygen atoms in total. The van der Waals surface area contributed by atoms with E-state index < -0.39 is 34.1 Å². The van der Waals surface area contributed by atoms with Gasteiger partial charge in [-0.1, -0.05) is 53.6 Å². The number of amides is 2. The van der Waals surface area contributed by atoms with Crippen molar-refractivity contribution in [2.45, 2.75) is 57.6 Å². The monoisotopic (exact) mass is 585 g/mol. The Morgan fingerprint density at radius 1 is 1.00 bits per heavy atom. The van der Waals surface area contributed by atoms with E-state index in [1.165, 1.54) is 24.1 Å². The topological polar surface area (TPSA) is 96.0 Å². The minimum atomic E-state index is -4.20. The van der Waals surface area contributed by atoms with Crippen molar-refractivity contribution in [3.8, 4) is 5.75 Å². The van der Waals surface area contributed by atoms with E-state index >= 15 is 0 Å². The summed E-state index contributed by atoms with van der Waals surface area (Å²) in [5.41, 5.74) is 1.26. The second-order valence-electron chi connectivity index (χ2n) is 10.6. The van der Waals surface area contributed by atoms with Gasteiger partial charge in [0, 0.05) is 17.1 Å². The molecule has 3 aromatic carbocycles. The third-order valence-corrected chi connectivity index (χ3v) is 8.16. The number of ether oxygens (including phenoxy) is 1. The lowest BCUT2D eigenvalue weighted by Gasteiger charge is -2.33. The van der Waals surface area contributed by atoms with Gasteiger partial charge < -0.3 is 15.0 Å². The third kappa shape index (κ3) is 7.76. The van der Waals surface area contributed by atoms with E-state index in [1.54, 1.807) is 67.6 Å². The lowest BCUT2D eigenvalue weighted by Crippen LogP contribution is -2.54. The van der Waals surface area contributed by atoms with Gasteiger partial charge in [-0.25, -0.2) is 8.42 Å². The van der Waals surface area contributed by atoms with Gasteiger partial charge in [0.05, 0.1) is 17.7 Å². The fraction of sp³-hybridized carbons (Fsp3) is 0.333. The van der Waals surface area contributed by atoms with Gasteiger partial charge in [0.15, 0.2) is 0 Å². The number of rotatable bonds is 10. The molecule has 0 aliphatic rings. The predicted octanol–water partition coefficient (Wildman–Crippen LogP) is 5.18. The molecule has 1 unspecified atom stereocenters. The van der Waals surface area contributed by atoms with Crippen molar-refractivity contribution < 1.29 is 22.7 Å². The van der Waals surface area contributed by atoms with Gasteiger partial charge in [-0.2, -0.15) is 0 Å². The third-order valence-electron chi connectivity index (χ3n) is 6.15. The summed E-state index contributed by atoms with van der Waals surface area (Å²) in [6.45, 7) is 8.49. The second-order valence-corrected chi connectivity index (χ2v) is 12.9. The number of methoxy groups -OCH3 is 1. The zero-order chi connectivity index (χ0) is 29.7. The number of carbonyl (C=O) groups is 2. The SMILES string of the molecule is COc1ccccc1N(CC(=O)N(Cc1cccc(Cl)c1)C(C)C(=O)NC(C)(C)C)S(=O)(=O)c1ccc(C)cc1. The van der Waals surface area contributed by atoms with Gasteiger partial charge in [0.2, 0.25) is 11.8 Å². The van der Waals surface area contributed by atoms with Crippen molar-refractivity contribution in [1.29, 1.82) is 0 Å². The molecule has 2 amide bonds. The number of halogens is 1. The van der Waals surface area contributed by atoms with Gasteiger partial charge in [-0.15, -0.1) is 0 Å². The predicted molar refractivity (Wildman–Crippen MR) is 158 cm³/mol. The highest BCUT2D eigenvalue weighted by Crippen LogP contribution is 2.32. The molecule has 0 saturated carbocycles. The minimum absolute atomic E-state index is 0.0247. The Balaban J connectivity index is 2.08. The van der Waals surface area contributed by atoms with Crippen LogP contribution in [0.4, 0.5) is 5.69 Å². The Morgan fingerprint density at radius 2 is 1.65 bits per heavy atom. The summed E-state index contributed by atoms with van der Waals surface area (Å²) >= 11 is 6.19. The Labute approximate surface area is 241 Å². The standard InChI is InChI=1S/C30H36ClN3O5S/c1-21-14-16-25(17-15-21)40(37,38)34(26-12-7-8-13-27(26)39-6)20-28(35)33(19-23-10-9-11-24(31)18-23)22(2)29(36)32-30(3,4)5/h7-18,22H,19-20H2,1-6H3,(H,32,36). The highest BCUT2D eigenvalue weighted by Gasteiger charge is 2.34. The first kappa shape index (κ1) is 31.0. The summed E-state index contributed by atoms with van der Waals surface area (Å²) in [5, 5.41) is 3.39. The van der Waals surface area contributed by atoms with Crippen molar-refractivity contribution in [1.82, 2.24) is 10.2 Å². The summed E-state index contributed by atoms with van der Waals surface area (Å²) in [4.78, 5) is 28.6. The molecule has 0 aromatic heterocycles. The number of carbonyl (C=O) groups excluding carboxylic acids is 2. The molecule has 1 atom stereocenters. The molecular formula is C30H36ClN3O5S. The minimum Gasteiger partial charge on any atom is -0.495 e. The lowest BCUT2D eigenvalue weighted by atomic mass is 10.1. The van der Waals surface area contributed by atoms with Crippen LogP contribution >= 0.6 is 11.6 Å². The molecule has 10 heteroatoms. The first-order valence-electron chi connectivity index (χ1n) is 12.8. The van der Waals surface area contributed by atoms with Crippen LogP contribution < -0.4 is 14.4 Å². The zero-order valence-corrected chi connectivity index (χ0v) is 25.2. The first-order chi connectivity index (χ1) is 18.7. The van der Waals surface area contributed by atoms with Crippen molar-refractivity contribution in [3.63, 3.8) is 0 Å². The van der Waals surface area contributed by atoms with E-state index in [1.807, 2.05) is 27.7 Å².